The Bertz CT molecular complexity index is 214. The minimum Gasteiger partial charge on any atom is -0.384 e. The second-order valence-electron chi connectivity index (χ2n) is 5.39. The summed E-state index contributed by atoms with van der Waals surface area (Å²) in [5.74, 6) is 0.831. The van der Waals surface area contributed by atoms with Crippen molar-refractivity contribution in [2.75, 3.05) is 13.7 Å². The summed E-state index contributed by atoms with van der Waals surface area (Å²) in [6.07, 6.45) is 3.82. The average molecular weight is 183 g/mol. The third-order valence-corrected chi connectivity index (χ3v) is 4.89. The predicted molar refractivity (Wildman–Crippen MR) is 53.4 cm³/mol. The van der Waals surface area contributed by atoms with Crippen LogP contribution in [0, 0.1) is 16.7 Å². The maximum atomic E-state index is 6.24. The van der Waals surface area contributed by atoms with Crippen LogP contribution >= 0.6 is 0 Å². The van der Waals surface area contributed by atoms with Crippen LogP contribution in [0.3, 0.4) is 0 Å². The van der Waals surface area contributed by atoms with Crippen molar-refractivity contribution >= 4 is 0 Å². The fourth-order valence-corrected chi connectivity index (χ4v) is 3.75. The van der Waals surface area contributed by atoms with Crippen LogP contribution in [-0.2, 0) is 4.74 Å². The number of ether oxygens (including phenoxy) is 1. The van der Waals surface area contributed by atoms with E-state index in [1.54, 1.807) is 7.11 Å². The highest BCUT2D eigenvalue weighted by Gasteiger charge is 2.62. The Hall–Kier alpha value is -0.0800. The zero-order chi connectivity index (χ0) is 9.69. The quantitative estimate of drug-likeness (QED) is 0.708. The van der Waals surface area contributed by atoms with Crippen molar-refractivity contribution < 1.29 is 4.74 Å². The molecule has 0 aromatic carbocycles. The fraction of sp³-hybridized carbons (Fsp3) is 1.00. The molecule has 2 rings (SSSR count). The van der Waals surface area contributed by atoms with E-state index in [1.807, 2.05) is 0 Å². The highest BCUT2D eigenvalue weighted by molar-refractivity contribution is 5.14. The zero-order valence-corrected chi connectivity index (χ0v) is 8.97. The van der Waals surface area contributed by atoms with E-state index in [4.69, 9.17) is 10.5 Å². The molecule has 0 spiro atoms. The Balaban J connectivity index is 2.31. The summed E-state index contributed by atoms with van der Waals surface area (Å²) < 4.78 is 5.37. The second kappa shape index (κ2) is 2.71. The summed E-state index contributed by atoms with van der Waals surface area (Å²) in [6.45, 7) is 5.59. The van der Waals surface area contributed by atoms with Crippen molar-refractivity contribution in [1.29, 1.82) is 0 Å². The molecule has 3 atom stereocenters. The van der Waals surface area contributed by atoms with E-state index in [1.165, 1.54) is 19.3 Å². The molecule has 13 heavy (non-hydrogen) atoms. The van der Waals surface area contributed by atoms with E-state index in [0.29, 0.717) is 11.5 Å². The summed E-state index contributed by atoms with van der Waals surface area (Å²) in [5.41, 5.74) is 6.90. The first-order chi connectivity index (χ1) is 6.04. The van der Waals surface area contributed by atoms with Gasteiger partial charge in [-0.2, -0.15) is 0 Å². The van der Waals surface area contributed by atoms with Crippen molar-refractivity contribution in [3.8, 4) is 0 Å². The van der Waals surface area contributed by atoms with Crippen molar-refractivity contribution in [3.05, 3.63) is 0 Å². The fourth-order valence-electron chi connectivity index (χ4n) is 3.75. The van der Waals surface area contributed by atoms with Crippen LogP contribution in [0.5, 0.6) is 0 Å². The Morgan fingerprint density at radius 3 is 2.54 bits per heavy atom. The van der Waals surface area contributed by atoms with Gasteiger partial charge in [0.05, 0.1) is 6.61 Å². The van der Waals surface area contributed by atoms with Crippen LogP contribution in [0.2, 0.25) is 0 Å². The molecule has 2 heteroatoms. The topological polar surface area (TPSA) is 35.2 Å². The molecule has 2 bridgehead atoms. The van der Waals surface area contributed by atoms with Crippen LogP contribution in [0.15, 0.2) is 0 Å². The third-order valence-electron chi connectivity index (χ3n) is 4.89. The summed E-state index contributed by atoms with van der Waals surface area (Å²) in [6, 6.07) is 0.362. The van der Waals surface area contributed by atoms with Crippen LogP contribution in [0.4, 0.5) is 0 Å². The molecule has 2 nitrogen and oxygen atoms in total. The molecular formula is C11H21NO. The van der Waals surface area contributed by atoms with Gasteiger partial charge in [-0.25, -0.2) is 0 Å². The van der Waals surface area contributed by atoms with E-state index in [2.05, 4.69) is 13.8 Å². The van der Waals surface area contributed by atoms with Gasteiger partial charge in [0, 0.05) is 18.6 Å². The molecule has 0 unspecified atom stereocenters. The van der Waals surface area contributed by atoms with Gasteiger partial charge in [-0.1, -0.05) is 13.8 Å². The molecule has 0 aromatic heterocycles. The first-order valence-electron chi connectivity index (χ1n) is 5.29. The van der Waals surface area contributed by atoms with E-state index >= 15 is 0 Å². The highest BCUT2D eigenvalue weighted by atomic mass is 16.5. The largest absolute Gasteiger partial charge is 0.384 e. The molecule has 0 heterocycles. The van der Waals surface area contributed by atoms with E-state index in [0.717, 1.165) is 12.5 Å². The zero-order valence-electron chi connectivity index (χ0n) is 8.97. The number of hydrogen-bond donors (Lipinski definition) is 1. The van der Waals surface area contributed by atoms with Gasteiger partial charge < -0.3 is 10.5 Å². The normalized spacial score (nSPS) is 47.1. The van der Waals surface area contributed by atoms with Gasteiger partial charge in [-0.05, 0) is 30.6 Å². The minimum atomic E-state index is 0.270. The van der Waals surface area contributed by atoms with Crippen molar-refractivity contribution in [2.24, 2.45) is 22.5 Å². The summed E-state index contributed by atoms with van der Waals surface area (Å²) in [5, 5.41) is 0. The monoisotopic (exact) mass is 183 g/mol. The molecule has 0 amide bonds. The molecule has 76 valence electrons. The molecule has 0 aromatic rings. The molecular weight excluding hydrogens is 162 g/mol. The van der Waals surface area contributed by atoms with Gasteiger partial charge in [-0.3, -0.25) is 0 Å². The molecule has 2 N–H and O–H groups in total. The Kier molecular flexibility index (Phi) is 1.97. The summed E-state index contributed by atoms with van der Waals surface area (Å²) in [4.78, 5) is 0. The van der Waals surface area contributed by atoms with Crippen LogP contribution in [0.1, 0.15) is 33.1 Å². The lowest BCUT2D eigenvalue weighted by Gasteiger charge is -2.40. The van der Waals surface area contributed by atoms with Gasteiger partial charge in [0.25, 0.3) is 0 Å². The maximum Gasteiger partial charge on any atom is 0.0538 e. The lowest BCUT2D eigenvalue weighted by atomic mass is 9.68. The van der Waals surface area contributed by atoms with Gasteiger partial charge in [0.1, 0.15) is 0 Å². The van der Waals surface area contributed by atoms with Crippen molar-refractivity contribution in [3.63, 3.8) is 0 Å². The molecule has 2 aliphatic carbocycles. The van der Waals surface area contributed by atoms with Gasteiger partial charge in [0.2, 0.25) is 0 Å². The number of nitrogens with two attached hydrogens (primary N) is 1. The highest BCUT2D eigenvalue weighted by Crippen LogP contribution is 2.65. The lowest BCUT2D eigenvalue weighted by molar-refractivity contribution is 0.00948. The Morgan fingerprint density at radius 2 is 2.15 bits per heavy atom. The first-order valence-corrected chi connectivity index (χ1v) is 5.29. The van der Waals surface area contributed by atoms with Gasteiger partial charge >= 0.3 is 0 Å². The van der Waals surface area contributed by atoms with Gasteiger partial charge in [-0.15, -0.1) is 0 Å². The Labute approximate surface area is 80.8 Å². The first kappa shape index (κ1) is 9.47. The SMILES string of the molecule is COC[C@@]12CC[C@@H](C[C@@H]1N)C2(C)C. The average Bonchev–Trinajstić information content (AvgIpc) is 2.38. The van der Waals surface area contributed by atoms with E-state index in [9.17, 15) is 0 Å². The minimum absolute atomic E-state index is 0.270. The van der Waals surface area contributed by atoms with Crippen molar-refractivity contribution in [2.45, 2.75) is 39.2 Å². The van der Waals surface area contributed by atoms with E-state index < -0.39 is 0 Å². The third kappa shape index (κ3) is 0.962. The molecule has 2 saturated carbocycles. The molecule has 0 radical (unpaired) electrons. The standard InChI is InChI=1S/C11H21NO/c1-10(2)8-4-5-11(10,7-13-3)9(12)6-8/h8-9H,4-7,12H2,1-3H3/t8-,9-,11-/m0/s1. The van der Waals surface area contributed by atoms with Crippen LogP contribution < -0.4 is 5.73 Å². The molecule has 0 saturated heterocycles. The molecule has 2 aliphatic rings. The molecule has 2 fully saturated rings. The second-order valence-corrected chi connectivity index (χ2v) is 5.39. The predicted octanol–water partition coefficient (Wildman–Crippen LogP) is 1.79. The number of fused-ring (bicyclic) bond motifs is 2. The van der Waals surface area contributed by atoms with E-state index in [-0.39, 0.29) is 5.41 Å². The maximum absolute atomic E-state index is 6.24. The van der Waals surface area contributed by atoms with Crippen LogP contribution in [-0.4, -0.2) is 19.8 Å². The smallest absolute Gasteiger partial charge is 0.0538 e. The molecule has 0 aliphatic heterocycles. The summed E-state index contributed by atoms with van der Waals surface area (Å²) in [7, 11) is 1.79. The van der Waals surface area contributed by atoms with Crippen molar-refractivity contribution in [1.82, 2.24) is 0 Å². The number of rotatable bonds is 2. The van der Waals surface area contributed by atoms with Gasteiger partial charge in [0.15, 0.2) is 0 Å². The Morgan fingerprint density at radius 1 is 1.46 bits per heavy atom. The number of hydrogen-bond acceptors (Lipinski definition) is 2. The lowest BCUT2D eigenvalue weighted by Crippen LogP contribution is -2.46. The van der Waals surface area contributed by atoms with Crippen LogP contribution in [0.25, 0.3) is 0 Å². The number of methoxy groups -OCH3 is 1. The summed E-state index contributed by atoms with van der Waals surface area (Å²) >= 11 is 0.